The number of aromatic nitrogens is 1. The second-order valence-electron chi connectivity index (χ2n) is 4.82. The van der Waals surface area contributed by atoms with Gasteiger partial charge < -0.3 is 15.8 Å². The van der Waals surface area contributed by atoms with Crippen molar-refractivity contribution in [1.82, 2.24) is 4.98 Å². The highest BCUT2D eigenvalue weighted by Crippen LogP contribution is 2.26. The number of hydrogen-bond donors (Lipinski definition) is 2. The molecule has 2 rings (SSSR count). The van der Waals surface area contributed by atoms with Crippen LogP contribution in [0.15, 0.2) is 29.6 Å². The average molecular weight is 305 g/mol. The van der Waals surface area contributed by atoms with Crippen LogP contribution in [0.25, 0.3) is 11.3 Å². The summed E-state index contributed by atoms with van der Waals surface area (Å²) in [6.07, 6.45) is 0.454. The van der Waals surface area contributed by atoms with Gasteiger partial charge >= 0.3 is 0 Å². The van der Waals surface area contributed by atoms with Crippen molar-refractivity contribution >= 4 is 22.4 Å². The molecule has 0 radical (unpaired) electrons. The monoisotopic (exact) mass is 305 g/mol. The van der Waals surface area contributed by atoms with Gasteiger partial charge in [0.05, 0.1) is 11.8 Å². The van der Waals surface area contributed by atoms with Crippen molar-refractivity contribution in [3.8, 4) is 17.0 Å². The van der Waals surface area contributed by atoms with E-state index in [0.717, 1.165) is 17.0 Å². The molecule has 0 bridgehead atoms. The fourth-order valence-corrected chi connectivity index (χ4v) is 2.49. The van der Waals surface area contributed by atoms with Gasteiger partial charge in [-0.1, -0.05) is 0 Å². The molecule has 1 aromatic carbocycles. The fraction of sp³-hybridized carbons (Fsp3) is 0.333. The van der Waals surface area contributed by atoms with E-state index < -0.39 is 0 Å². The number of benzene rings is 1. The summed E-state index contributed by atoms with van der Waals surface area (Å²) in [4.78, 5) is 15.9. The van der Waals surface area contributed by atoms with Crippen LogP contribution in [0, 0.1) is 0 Å². The maximum Gasteiger partial charge on any atom is 0.227 e. The zero-order chi connectivity index (χ0) is 15.2. The zero-order valence-electron chi connectivity index (χ0n) is 12.1. The number of nitrogens with two attached hydrogens (primary N) is 1. The standard InChI is InChI=1S/C15H19N3O2S/c1-10(2)20-12-5-3-11(4-6-12)13-9-21-15(17-13)18-14(19)7-8-16/h3-6,9-10H,7-8,16H2,1-2H3,(H,17,18,19). The summed E-state index contributed by atoms with van der Waals surface area (Å²) < 4.78 is 5.60. The van der Waals surface area contributed by atoms with E-state index in [1.807, 2.05) is 43.5 Å². The van der Waals surface area contributed by atoms with Crippen LogP contribution in [0.4, 0.5) is 5.13 Å². The van der Waals surface area contributed by atoms with Crippen LogP contribution in [-0.2, 0) is 4.79 Å². The predicted molar refractivity (Wildman–Crippen MR) is 85.6 cm³/mol. The topological polar surface area (TPSA) is 77.2 Å². The van der Waals surface area contributed by atoms with Gasteiger partial charge in [-0.3, -0.25) is 4.79 Å². The summed E-state index contributed by atoms with van der Waals surface area (Å²) in [6, 6.07) is 7.75. The molecule has 1 aromatic heterocycles. The SMILES string of the molecule is CC(C)Oc1ccc(-c2csc(NC(=O)CCN)n2)cc1. The Kier molecular flexibility index (Phi) is 5.30. The number of amides is 1. The van der Waals surface area contributed by atoms with E-state index in [4.69, 9.17) is 10.5 Å². The smallest absolute Gasteiger partial charge is 0.227 e. The van der Waals surface area contributed by atoms with E-state index in [1.54, 1.807) is 0 Å². The number of nitrogens with one attached hydrogen (secondary N) is 1. The van der Waals surface area contributed by atoms with E-state index >= 15 is 0 Å². The largest absolute Gasteiger partial charge is 0.491 e. The third-order valence-corrected chi connectivity index (χ3v) is 3.40. The summed E-state index contributed by atoms with van der Waals surface area (Å²) in [5.41, 5.74) is 7.16. The molecule has 0 saturated heterocycles. The number of rotatable bonds is 6. The highest BCUT2D eigenvalue weighted by Gasteiger charge is 2.08. The molecule has 5 nitrogen and oxygen atoms in total. The number of carbonyl (C=O) groups is 1. The molecule has 0 unspecified atom stereocenters. The molecule has 0 atom stereocenters. The first-order valence-corrected chi connectivity index (χ1v) is 7.69. The van der Waals surface area contributed by atoms with Gasteiger partial charge in [0.15, 0.2) is 5.13 Å². The second-order valence-corrected chi connectivity index (χ2v) is 5.67. The van der Waals surface area contributed by atoms with Crippen molar-refractivity contribution in [2.75, 3.05) is 11.9 Å². The van der Waals surface area contributed by atoms with E-state index in [1.165, 1.54) is 11.3 Å². The van der Waals surface area contributed by atoms with Crippen LogP contribution in [0.2, 0.25) is 0 Å². The van der Waals surface area contributed by atoms with Gasteiger partial charge in [0.1, 0.15) is 5.75 Å². The van der Waals surface area contributed by atoms with Crippen LogP contribution in [-0.4, -0.2) is 23.5 Å². The third kappa shape index (κ3) is 4.54. The summed E-state index contributed by atoms with van der Waals surface area (Å²) in [7, 11) is 0. The molecule has 0 aliphatic rings. The first kappa shape index (κ1) is 15.5. The van der Waals surface area contributed by atoms with E-state index in [2.05, 4.69) is 10.3 Å². The van der Waals surface area contributed by atoms with Crippen molar-refractivity contribution in [3.63, 3.8) is 0 Å². The molecular formula is C15H19N3O2S. The van der Waals surface area contributed by atoms with Crippen LogP contribution >= 0.6 is 11.3 Å². The fourth-order valence-electron chi connectivity index (χ4n) is 1.75. The summed E-state index contributed by atoms with van der Waals surface area (Å²) in [6.45, 7) is 4.32. The molecule has 1 amide bonds. The van der Waals surface area contributed by atoms with E-state index in [9.17, 15) is 4.79 Å². The quantitative estimate of drug-likeness (QED) is 0.860. The Bertz CT molecular complexity index is 593. The molecule has 3 N–H and O–H groups in total. The predicted octanol–water partition coefficient (Wildman–Crippen LogP) is 2.88. The summed E-state index contributed by atoms with van der Waals surface area (Å²) >= 11 is 1.40. The molecule has 0 aliphatic heterocycles. The minimum atomic E-state index is -0.112. The summed E-state index contributed by atoms with van der Waals surface area (Å²) in [5, 5.41) is 5.24. The van der Waals surface area contributed by atoms with Gasteiger partial charge in [-0.2, -0.15) is 0 Å². The summed E-state index contributed by atoms with van der Waals surface area (Å²) in [5.74, 6) is 0.722. The highest BCUT2D eigenvalue weighted by atomic mass is 32.1. The number of carbonyl (C=O) groups excluding carboxylic acids is 1. The molecule has 21 heavy (non-hydrogen) atoms. The lowest BCUT2D eigenvalue weighted by atomic mass is 10.2. The molecule has 6 heteroatoms. The second kappa shape index (κ2) is 7.19. The first-order valence-electron chi connectivity index (χ1n) is 6.81. The number of hydrogen-bond acceptors (Lipinski definition) is 5. The minimum Gasteiger partial charge on any atom is -0.491 e. The minimum absolute atomic E-state index is 0.112. The molecule has 112 valence electrons. The Hall–Kier alpha value is -1.92. The van der Waals surface area contributed by atoms with Gasteiger partial charge in [0, 0.05) is 23.9 Å². The number of ether oxygens (including phenoxy) is 1. The average Bonchev–Trinajstić information content (AvgIpc) is 2.87. The molecule has 0 spiro atoms. The van der Waals surface area contributed by atoms with Crippen molar-refractivity contribution in [2.24, 2.45) is 5.73 Å². The Morgan fingerprint density at radius 2 is 2.10 bits per heavy atom. The van der Waals surface area contributed by atoms with Crippen molar-refractivity contribution in [3.05, 3.63) is 29.6 Å². The Balaban J connectivity index is 2.05. The Labute approximate surface area is 128 Å². The van der Waals surface area contributed by atoms with Crippen LogP contribution < -0.4 is 15.8 Å². The van der Waals surface area contributed by atoms with Crippen molar-refractivity contribution < 1.29 is 9.53 Å². The third-order valence-electron chi connectivity index (χ3n) is 2.64. The van der Waals surface area contributed by atoms with Crippen molar-refractivity contribution in [2.45, 2.75) is 26.4 Å². The number of nitrogens with zero attached hydrogens (tertiary/aromatic N) is 1. The lowest BCUT2D eigenvalue weighted by molar-refractivity contribution is -0.116. The lowest BCUT2D eigenvalue weighted by Gasteiger charge is -2.09. The van der Waals surface area contributed by atoms with Gasteiger partial charge in [0.25, 0.3) is 0 Å². The maximum atomic E-state index is 11.5. The van der Waals surface area contributed by atoms with Crippen molar-refractivity contribution in [1.29, 1.82) is 0 Å². The normalized spacial score (nSPS) is 10.7. The van der Waals surface area contributed by atoms with Gasteiger partial charge in [-0.05, 0) is 38.1 Å². The molecular weight excluding hydrogens is 286 g/mol. The Morgan fingerprint density at radius 1 is 1.38 bits per heavy atom. The number of thiazole rings is 1. The molecule has 1 heterocycles. The molecule has 0 fully saturated rings. The molecule has 0 saturated carbocycles. The number of anilines is 1. The van der Waals surface area contributed by atoms with Crippen LogP contribution in [0.1, 0.15) is 20.3 Å². The van der Waals surface area contributed by atoms with Gasteiger partial charge in [-0.25, -0.2) is 4.98 Å². The van der Waals surface area contributed by atoms with E-state index in [-0.39, 0.29) is 12.0 Å². The first-order chi connectivity index (χ1) is 10.1. The van der Waals surface area contributed by atoms with Crippen LogP contribution in [0.5, 0.6) is 5.75 Å². The highest BCUT2D eigenvalue weighted by molar-refractivity contribution is 7.14. The maximum absolute atomic E-state index is 11.5. The molecule has 2 aromatic rings. The van der Waals surface area contributed by atoms with Gasteiger partial charge in [0.2, 0.25) is 5.91 Å². The lowest BCUT2D eigenvalue weighted by Crippen LogP contribution is -2.15. The van der Waals surface area contributed by atoms with Gasteiger partial charge in [-0.15, -0.1) is 11.3 Å². The van der Waals surface area contributed by atoms with E-state index in [0.29, 0.717) is 18.1 Å². The van der Waals surface area contributed by atoms with Crippen LogP contribution in [0.3, 0.4) is 0 Å². The zero-order valence-corrected chi connectivity index (χ0v) is 12.9. The molecule has 0 aliphatic carbocycles. The Morgan fingerprint density at radius 3 is 2.71 bits per heavy atom.